The van der Waals surface area contributed by atoms with Gasteiger partial charge in [-0.1, -0.05) is 41.9 Å². The summed E-state index contributed by atoms with van der Waals surface area (Å²) < 4.78 is 11.5. The first-order valence-corrected chi connectivity index (χ1v) is 12.0. The number of hydrogen-bond donors (Lipinski definition) is 0. The lowest BCUT2D eigenvalue weighted by molar-refractivity contribution is 0.0904. The lowest BCUT2D eigenvalue weighted by Crippen LogP contribution is -2.40. The number of nitrogens with zero attached hydrogens (tertiary/aromatic N) is 2. The van der Waals surface area contributed by atoms with Gasteiger partial charge in [0, 0.05) is 18.1 Å². The van der Waals surface area contributed by atoms with Crippen molar-refractivity contribution in [1.29, 1.82) is 0 Å². The van der Waals surface area contributed by atoms with Gasteiger partial charge in [0.2, 0.25) is 0 Å². The highest BCUT2D eigenvalue weighted by Gasteiger charge is 2.33. The van der Waals surface area contributed by atoms with Crippen molar-refractivity contribution in [2.75, 3.05) is 26.2 Å². The van der Waals surface area contributed by atoms with E-state index in [1.807, 2.05) is 56.3 Å². The molecule has 0 aromatic heterocycles. The van der Waals surface area contributed by atoms with E-state index in [-0.39, 0.29) is 18.3 Å². The third-order valence-electron chi connectivity index (χ3n) is 6.23. The van der Waals surface area contributed by atoms with Gasteiger partial charge in [-0.25, -0.2) is 4.79 Å². The van der Waals surface area contributed by atoms with Crippen LogP contribution in [0.3, 0.4) is 0 Å². The van der Waals surface area contributed by atoms with E-state index in [2.05, 4.69) is 11.0 Å². The fourth-order valence-electron chi connectivity index (χ4n) is 4.63. The zero-order valence-electron chi connectivity index (χ0n) is 19.0. The maximum absolute atomic E-state index is 12.3. The van der Waals surface area contributed by atoms with Gasteiger partial charge in [0.1, 0.15) is 11.9 Å². The summed E-state index contributed by atoms with van der Waals surface area (Å²) in [4.78, 5) is 16.5. The van der Waals surface area contributed by atoms with Crippen molar-refractivity contribution in [3.8, 4) is 5.75 Å². The van der Waals surface area contributed by atoms with Crippen molar-refractivity contribution in [3.63, 3.8) is 0 Å². The minimum atomic E-state index is -0.202. The third kappa shape index (κ3) is 6.17. The summed E-state index contributed by atoms with van der Waals surface area (Å²) >= 11 is 6.46. The molecule has 0 N–H and O–H groups in total. The summed E-state index contributed by atoms with van der Waals surface area (Å²) in [6, 6.07) is 16.1. The minimum absolute atomic E-state index is 0.0536. The van der Waals surface area contributed by atoms with Crippen molar-refractivity contribution in [1.82, 2.24) is 9.80 Å². The van der Waals surface area contributed by atoms with Gasteiger partial charge in [-0.15, -0.1) is 0 Å². The topological polar surface area (TPSA) is 42.0 Å². The molecule has 2 saturated heterocycles. The van der Waals surface area contributed by atoms with Crippen LogP contribution in [0.4, 0.5) is 4.79 Å². The molecule has 6 heteroatoms. The monoisotopic (exact) mass is 456 g/mol. The van der Waals surface area contributed by atoms with Crippen molar-refractivity contribution in [2.45, 2.75) is 51.9 Å². The summed E-state index contributed by atoms with van der Waals surface area (Å²) in [7, 11) is 0. The Hall–Kier alpha value is -2.24. The summed E-state index contributed by atoms with van der Waals surface area (Å²) in [5.41, 5.74) is 2.30. The Morgan fingerprint density at radius 3 is 2.59 bits per heavy atom. The lowest BCUT2D eigenvalue weighted by atomic mass is 9.90. The number of carbonyl (C=O) groups is 1. The number of likely N-dealkylation sites (tertiary alicyclic amines) is 1. The zero-order valence-corrected chi connectivity index (χ0v) is 19.8. The van der Waals surface area contributed by atoms with Gasteiger partial charge < -0.3 is 14.4 Å². The smallest absolute Gasteiger partial charge is 0.410 e. The van der Waals surface area contributed by atoms with E-state index in [9.17, 15) is 4.79 Å². The van der Waals surface area contributed by atoms with E-state index in [0.717, 1.165) is 55.2 Å². The molecule has 0 radical (unpaired) electrons. The summed E-state index contributed by atoms with van der Waals surface area (Å²) in [6.07, 6.45) is 3.13. The van der Waals surface area contributed by atoms with E-state index in [4.69, 9.17) is 21.1 Å². The van der Waals surface area contributed by atoms with Crippen molar-refractivity contribution in [3.05, 3.63) is 64.7 Å². The fraction of sp³-hybridized carbons (Fsp3) is 0.500. The predicted molar refractivity (Wildman–Crippen MR) is 127 cm³/mol. The highest BCUT2D eigenvalue weighted by Crippen LogP contribution is 2.29. The number of piperidine rings is 1. The molecular formula is C26H33ClN2O3. The average Bonchev–Trinajstić information content (AvgIpc) is 3.11. The first-order valence-electron chi connectivity index (χ1n) is 11.6. The van der Waals surface area contributed by atoms with Crippen LogP contribution in [0.2, 0.25) is 5.02 Å². The van der Waals surface area contributed by atoms with Crippen molar-refractivity contribution < 1.29 is 14.3 Å². The highest BCUT2D eigenvalue weighted by atomic mass is 35.5. The Morgan fingerprint density at radius 2 is 1.88 bits per heavy atom. The van der Waals surface area contributed by atoms with Crippen LogP contribution < -0.4 is 4.74 Å². The number of benzene rings is 2. The Kier molecular flexibility index (Phi) is 7.59. The molecule has 5 nitrogen and oxygen atoms in total. The molecule has 1 unspecified atom stereocenters. The van der Waals surface area contributed by atoms with Crippen LogP contribution in [0.25, 0.3) is 0 Å². The summed E-state index contributed by atoms with van der Waals surface area (Å²) in [6.45, 7) is 8.19. The second-order valence-corrected chi connectivity index (χ2v) is 9.65. The van der Waals surface area contributed by atoms with E-state index < -0.39 is 0 Å². The molecule has 0 saturated carbocycles. The van der Waals surface area contributed by atoms with E-state index in [1.54, 1.807) is 4.90 Å². The molecule has 0 spiro atoms. The molecule has 2 fully saturated rings. The molecule has 2 aromatic rings. The molecule has 2 aliphatic rings. The van der Waals surface area contributed by atoms with Gasteiger partial charge in [0.15, 0.2) is 0 Å². The molecule has 2 aliphatic heterocycles. The van der Waals surface area contributed by atoms with E-state index in [0.29, 0.717) is 19.0 Å². The van der Waals surface area contributed by atoms with Gasteiger partial charge in [-0.05, 0) is 81.4 Å². The molecule has 1 atom stereocenters. The molecule has 32 heavy (non-hydrogen) atoms. The van der Waals surface area contributed by atoms with Crippen molar-refractivity contribution >= 4 is 17.7 Å². The van der Waals surface area contributed by atoms with Crippen LogP contribution in [-0.2, 0) is 17.7 Å². The van der Waals surface area contributed by atoms with E-state index in [1.165, 1.54) is 5.56 Å². The SMILES string of the molecule is CC(C)Oc1ccc(Cl)c(CC2CCN(CC3CN(Cc4ccccc4)C(=O)O3)CC2)c1. The number of ether oxygens (including phenoxy) is 2. The van der Waals surface area contributed by atoms with Crippen LogP contribution in [0.1, 0.15) is 37.8 Å². The second kappa shape index (κ2) is 10.6. The molecule has 4 rings (SSSR count). The van der Waals surface area contributed by atoms with E-state index >= 15 is 0 Å². The molecule has 0 bridgehead atoms. The quantitative estimate of drug-likeness (QED) is 0.533. The van der Waals surface area contributed by atoms with Crippen molar-refractivity contribution in [2.24, 2.45) is 5.92 Å². The first-order chi connectivity index (χ1) is 15.5. The predicted octanol–water partition coefficient (Wildman–Crippen LogP) is 5.40. The van der Waals surface area contributed by atoms with Crippen LogP contribution in [0, 0.1) is 5.92 Å². The fourth-order valence-corrected chi connectivity index (χ4v) is 4.82. The number of carbonyl (C=O) groups excluding carboxylic acids is 1. The zero-order chi connectivity index (χ0) is 22.5. The summed E-state index contributed by atoms with van der Waals surface area (Å²) in [5, 5.41) is 0.819. The van der Waals surface area contributed by atoms with Gasteiger partial charge in [-0.3, -0.25) is 4.90 Å². The number of cyclic esters (lactones) is 1. The van der Waals surface area contributed by atoms with Crippen LogP contribution in [0.5, 0.6) is 5.75 Å². The Bertz CT molecular complexity index is 897. The molecule has 0 aliphatic carbocycles. The summed E-state index contributed by atoms with van der Waals surface area (Å²) in [5.74, 6) is 1.50. The first kappa shape index (κ1) is 22.9. The molecule has 2 heterocycles. The Balaban J connectivity index is 1.24. The third-order valence-corrected chi connectivity index (χ3v) is 6.60. The van der Waals surface area contributed by atoms with Gasteiger partial charge >= 0.3 is 6.09 Å². The minimum Gasteiger partial charge on any atom is -0.491 e. The Labute approximate surface area is 196 Å². The van der Waals surface area contributed by atoms with Crippen LogP contribution in [-0.4, -0.2) is 54.3 Å². The number of halogens is 1. The molecule has 1 amide bonds. The number of amides is 1. The van der Waals surface area contributed by atoms with Crippen LogP contribution >= 0.6 is 11.6 Å². The van der Waals surface area contributed by atoms with Gasteiger partial charge in [0.05, 0.1) is 12.6 Å². The van der Waals surface area contributed by atoms with Crippen LogP contribution in [0.15, 0.2) is 48.5 Å². The number of rotatable bonds is 8. The maximum atomic E-state index is 12.3. The van der Waals surface area contributed by atoms with Gasteiger partial charge in [0.25, 0.3) is 0 Å². The normalized spacial score (nSPS) is 20.1. The standard InChI is InChI=1S/C26H33ClN2O3/c1-19(2)31-23-8-9-25(27)22(15-23)14-20-10-12-28(13-11-20)17-24-18-29(26(30)32-24)16-21-6-4-3-5-7-21/h3-9,15,19-20,24H,10-14,16-18H2,1-2H3. The molecular weight excluding hydrogens is 424 g/mol. The highest BCUT2D eigenvalue weighted by molar-refractivity contribution is 6.31. The Morgan fingerprint density at radius 1 is 1.12 bits per heavy atom. The molecule has 2 aromatic carbocycles. The second-order valence-electron chi connectivity index (χ2n) is 9.24. The lowest BCUT2D eigenvalue weighted by Gasteiger charge is -2.33. The average molecular weight is 457 g/mol. The van der Waals surface area contributed by atoms with Gasteiger partial charge in [-0.2, -0.15) is 0 Å². The molecule has 172 valence electrons. The number of hydrogen-bond acceptors (Lipinski definition) is 4. The largest absolute Gasteiger partial charge is 0.491 e. The maximum Gasteiger partial charge on any atom is 0.410 e.